The molecule has 2 aliphatic heterocycles. The van der Waals surface area contributed by atoms with Gasteiger partial charge in [-0.2, -0.15) is 0 Å². The summed E-state index contributed by atoms with van der Waals surface area (Å²) in [5, 5.41) is 0.582. The molecule has 2 atom stereocenters. The first kappa shape index (κ1) is 18.2. The van der Waals surface area contributed by atoms with E-state index in [0.717, 1.165) is 31.6 Å². The van der Waals surface area contributed by atoms with E-state index in [9.17, 15) is 4.79 Å². The zero-order valence-corrected chi connectivity index (χ0v) is 16.8. The highest BCUT2D eigenvalue weighted by Crippen LogP contribution is 2.34. The smallest absolute Gasteiger partial charge is 0.261 e. The van der Waals surface area contributed by atoms with Crippen molar-refractivity contribution in [2.24, 2.45) is 0 Å². The minimum Gasteiger partial charge on any atom is -0.493 e. The lowest BCUT2D eigenvalue weighted by atomic mass is 10.1. The van der Waals surface area contributed by atoms with Crippen LogP contribution >= 0.6 is 0 Å². The van der Waals surface area contributed by atoms with Gasteiger partial charge in [-0.1, -0.05) is 30.3 Å². The first-order chi connectivity index (χ1) is 14.2. The standard InChI is InChI=1S/C23H25N3O3/c1-28-20-11-18-19(12-21(20)29-2)24-22-10-16-8-9-17(14-26(22)23(18)27)25(16)13-15-6-4-3-5-7-15/h3-7,11-12,16-17H,8-10,13-14H2,1-2H3. The Labute approximate surface area is 169 Å². The first-order valence-electron chi connectivity index (χ1n) is 10.1. The number of rotatable bonds is 4. The monoisotopic (exact) mass is 391 g/mol. The van der Waals surface area contributed by atoms with Crippen molar-refractivity contribution in [2.45, 2.75) is 44.4 Å². The Morgan fingerprint density at radius 1 is 1.03 bits per heavy atom. The summed E-state index contributed by atoms with van der Waals surface area (Å²) in [5.74, 6) is 2.03. The Kier molecular flexibility index (Phi) is 4.51. The minimum atomic E-state index is 0.0122. The van der Waals surface area contributed by atoms with Gasteiger partial charge in [0.25, 0.3) is 5.56 Å². The van der Waals surface area contributed by atoms with Crippen molar-refractivity contribution in [1.82, 2.24) is 14.5 Å². The molecule has 1 fully saturated rings. The number of fused-ring (bicyclic) bond motifs is 4. The molecule has 5 rings (SSSR count). The van der Waals surface area contributed by atoms with Crippen LogP contribution in [-0.4, -0.2) is 40.8 Å². The van der Waals surface area contributed by atoms with Gasteiger partial charge in [0.15, 0.2) is 11.5 Å². The summed E-state index contributed by atoms with van der Waals surface area (Å²) in [6.45, 7) is 1.61. The van der Waals surface area contributed by atoms with Gasteiger partial charge in [0.2, 0.25) is 0 Å². The molecular weight excluding hydrogens is 366 g/mol. The van der Waals surface area contributed by atoms with Gasteiger partial charge >= 0.3 is 0 Å². The molecule has 6 nitrogen and oxygen atoms in total. The molecule has 150 valence electrons. The van der Waals surface area contributed by atoms with Crippen LogP contribution in [0, 0.1) is 0 Å². The van der Waals surface area contributed by atoms with E-state index in [1.807, 2.05) is 10.6 Å². The average molecular weight is 391 g/mol. The number of hydrogen-bond acceptors (Lipinski definition) is 5. The lowest BCUT2D eigenvalue weighted by Gasteiger charge is -2.27. The second kappa shape index (κ2) is 7.19. The fourth-order valence-corrected chi connectivity index (χ4v) is 4.84. The predicted octanol–water partition coefficient (Wildman–Crippen LogP) is 3.00. The highest BCUT2D eigenvalue weighted by atomic mass is 16.5. The van der Waals surface area contributed by atoms with Crippen LogP contribution in [-0.2, 0) is 19.5 Å². The number of nitrogens with zero attached hydrogens (tertiary/aromatic N) is 3. The van der Waals surface area contributed by atoms with Crippen LogP contribution in [0.2, 0.25) is 0 Å². The summed E-state index contributed by atoms with van der Waals surface area (Å²) in [6.07, 6.45) is 3.06. The summed E-state index contributed by atoms with van der Waals surface area (Å²) in [6, 6.07) is 14.9. The van der Waals surface area contributed by atoms with Crippen molar-refractivity contribution >= 4 is 10.9 Å². The molecule has 3 heterocycles. The Balaban J connectivity index is 1.56. The van der Waals surface area contributed by atoms with E-state index >= 15 is 0 Å². The zero-order chi connectivity index (χ0) is 20.0. The van der Waals surface area contributed by atoms with E-state index in [1.54, 1.807) is 26.4 Å². The Morgan fingerprint density at radius 3 is 2.52 bits per heavy atom. The fourth-order valence-electron chi connectivity index (χ4n) is 4.84. The summed E-state index contributed by atoms with van der Waals surface area (Å²) < 4.78 is 12.7. The van der Waals surface area contributed by atoms with Crippen LogP contribution in [0.3, 0.4) is 0 Å². The first-order valence-corrected chi connectivity index (χ1v) is 10.1. The molecule has 0 spiro atoms. The van der Waals surface area contributed by atoms with Gasteiger partial charge in [-0.15, -0.1) is 0 Å². The maximum absolute atomic E-state index is 13.3. The summed E-state index contributed by atoms with van der Waals surface area (Å²) in [7, 11) is 3.18. The molecule has 0 N–H and O–H groups in total. The van der Waals surface area contributed by atoms with E-state index in [1.165, 1.54) is 5.56 Å². The van der Waals surface area contributed by atoms with Crippen LogP contribution in [0.5, 0.6) is 11.5 Å². The van der Waals surface area contributed by atoms with Gasteiger partial charge < -0.3 is 9.47 Å². The summed E-state index contributed by atoms with van der Waals surface area (Å²) in [5.41, 5.74) is 2.00. The zero-order valence-electron chi connectivity index (χ0n) is 16.8. The van der Waals surface area contributed by atoms with Crippen molar-refractivity contribution in [3.8, 4) is 11.5 Å². The van der Waals surface area contributed by atoms with Crippen LogP contribution < -0.4 is 15.0 Å². The third kappa shape index (κ3) is 3.08. The largest absolute Gasteiger partial charge is 0.493 e. The molecule has 1 saturated heterocycles. The fraction of sp³-hybridized carbons (Fsp3) is 0.391. The summed E-state index contributed by atoms with van der Waals surface area (Å²) in [4.78, 5) is 20.8. The van der Waals surface area contributed by atoms with Gasteiger partial charge in [0.05, 0.1) is 25.1 Å². The second-order valence-corrected chi connectivity index (χ2v) is 7.92. The maximum atomic E-state index is 13.3. The van der Waals surface area contributed by atoms with Crippen molar-refractivity contribution in [2.75, 3.05) is 14.2 Å². The molecule has 0 aliphatic carbocycles. The van der Waals surface area contributed by atoms with Gasteiger partial charge in [0, 0.05) is 37.7 Å². The normalized spacial score (nSPS) is 21.0. The van der Waals surface area contributed by atoms with Gasteiger partial charge in [-0.05, 0) is 24.5 Å². The number of aromatic nitrogens is 2. The Bertz CT molecular complexity index is 1110. The molecule has 2 aromatic carbocycles. The van der Waals surface area contributed by atoms with Crippen LogP contribution in [0.4, 0.5) is 0 Å². The maximum Gasteiger partial charge on any atom is 0.261 e. The molecule has 0 amide bonds. The average Bonchev–Trinajstić information content (AvgIpc) is 3.03. The third-order valence-corrected chi connectivity index (χ3v) is 6.33. The molecule has 0 radical (unpaired) electrons. The van der Waals surface area contributed by atoms with Crippen LogP contribution in [0.15, 0.2) is 47.3 Å². The number of ether oxygens (including phenoxy) is 2. The Morgan fingerprint density at radius 2 is 1.76 bits per heavy atom. The molecule has 2 unspecified atom stereocenters. The highest BCUT2D eigenvalue weighted by molar-refractivity contribution is 5.82. The SMILES string of the molecule is COc1cc2nc3n(c(=O)c2cc1OC)CC1CCC(C3)N1Cc1ccccc1. The van der Waals surface area contributed by atoms with E-state index < -0.39 is 0 Å². The second-order valence-electron chi connectivity index (χ2n) is 7.92. The van der Waals surface area contributed by atoms with Crippen LogP contribution in [0.1, 0.15) is 24.2 Å². The molecule has 29 heavy (non-hydrogen) atoms. The van der Waals surface area contributed by atoms with Crippen molar-refractivity contribution in [3.05, 3.63) is 64.2 Å². The molecule has 6 heteroatoms. The molecule has 1 aromatic heterocycles. The summed E-state index contributed by atoms with van der Waals surface area (Å²) >= 11 is 0. The van der Waals surface area contributed by atoms with Gasteiger partial charge in [-0.25, -0.2) is 4.98 Å². The van der Waals surface area contributed by atoms with Gasteiger partial charge in [0.1, 0.15) is 5.82 Å². The Hall–Kier alpha value is -2.86. The quantitative estimate of drug-likeness (QED) is 0.684. The highest BCUT2D eigenvalue weighted by Gasteiger charge is 2.37. The van der Waals surface area contributed by atoms with Gasteiger partial charge in [-0.3, -0.25) is 14.3 Å². The topological polar surface area (TPSA) is 56.6 Å². The molecular formula is C23H25N3O3. The van der Waals surface area contributed by atoms with Crippen molar-refractivity contribution in [3.63, 3.8) is 0 Å². The molecule has 2 aliphatic rings. The lowest BCUT2D eigenvalue weighted by Crippen LogP contribution is -2.37. The predicted molar refractivity (Wildman–Crippen MR) is 112 cm³/mol. The molecule has 2 bridgehead atoms. The number of hydrogen-bond donors (Lipinski definition) is 0. The molecule has 0 saturated carbocycles. The van der Waals surface area contributed by atoms with Crippen molar-refractivity contribution in [1.29, 1.82) is 0 Å². The minimum absolute atomic E-state index is 0.0122. The van der Waals surface area contributed by atoms with Crippen LogP contribution in [0.25, 0.3) is 10.9 Å². The van der Waals surface area contributed by atoms with Crippen molar-refractivity contribution < 1.29 is 9.47 Å². The third-order valence-electron chi connectivity index (χ3n) is 6.33. The number of methoxy groups -OCH3 is 2. The van der Waals surface area contributed by atoms with E-state index in [-0.39, 0.29) is 5.56 Å². The van der Waals surface area contributed by atoms with E-state index in [2.05, 4.69) is 29.2 Å². The molecule has 3 aromatic rings. The lowest BCUT2D eigenvalue weighted by molar-refractivity contribution is 0.180. The van der Waals surface area contributed by atoms with E-state index in [4.69, 9.17) is 14.5 Å². The number of benzene rings is 2. The van der Waals surface area contributed by atoms with E-state index in [0.29, 0.717) is 41.0 Å².